The lowest BCUT2D eigenvalue weighted by Crippen LogP contribution is -2.36. The van der Waals surface area contributed by atoms with Gasteiger partial charge in [0.1, 0.15) is 6.04 Å². The summed E-state index contributed by atoms with van der Waals surface area (Å²) in [6.45, 7) is 3.41. The molecule has 0 rings (SSSR count). The molecule has 0 aliphatic rings. The third-order valence-corrected chi connectivity index (χ3v) is 2.11. The van der Waals surface area contributed by atoms with Crippen molar-refractivity contribution in [2.75, 3.05) is 27.2 Å². The molecule has 0 saturated heterocycles. The smallest absolute Gasteiger partial charge is 0.320 e. The van der Waals surface area contributed by atoms with E-state index < -0.39 is 12.0 Å². The number of likely N-dealkylation sites (N-methyl/N-ethyl adjacent to an activating group) is 1. The largest absolute Gasteiger partial charge is 0.480 e. The van der Waals surface area contributed by atoms with E-state index in [0.717, 1.165) is 6.54 Å². The van der Waals surface area contributed by atoms with Gasteiger partial charge in [-0.15, -0.1) is 0 Å². The van der Waals surface area contributed by atoms with Crippen molar-refractivity contribution in [3.05, 3.63) is 0 Å². The number of hydrogen-bond donors (Lipinski definition) is 2. The minimum Gasteiger partial charge on any atom is -0.480 e. The Bertz CT molecular complexity index is 175. The number of aliphatic carboxylic acids is 1. The number of carboxylic acids is 1. The average molecular weight is 204 g/mol. The van der Waals surface area contributed by atoms with Crippen LogP contribution < -0.4 is 5.73 Å². The van der Waals surface area contributed by atoms with Crippen molar-refractivity contribution in [3.63, 3.8) is 0 Å². The Morgan fingerprint density at radius 1 is 1.64 bits per heavy atom. The maximum Gasteiger partial charge on any atom is 0.320 e. The van der Waals surface area contributed by atoms with Crippen molar-refractivity contribution in [2.24, 2.45) is 5.73 Å². The fraction of sp³-hybridized carbons (Fsp3) is 0.889. The highest BCUT2D eigenvalue weighted by Gasteiger charge is 2.12. The zero-order chi connectivity index (χ0) is 11.1. The number of nitrogens with two attached hydrogens (primary N) is 1. The van der Waals surface area contributed by atoms with Crippen LogP contribution in [0.4, 0.5) is 0 Å². The molecule has 0 fully saturated rings. The van der Waals surface area contributed by atoms with Crippen molar-refractivity contribution in [2.45, 2.75) is 25.5 Å². The van der Waals surface area contributed by atoms with Crippen LogP contribution in [0.25, 0.3) is 0 Å². The summed E-state index contributed by atoms with van der Waals surface area (Å²) in [6, 6.07) is -0.768. The van der Waals surface area contributed by atoms with Crippen molar-refractivity contribution < 1.29 is 14.6 Å². The molecule has 0 aliphatic carbocycles. The average Bonchev–Trinajstić information content (AvgIpc) is 2.13. The first-order chi connectivity index (χ1) is 6.47. The zero-order valence-corrected chi connectivity index (χ0v) is 9.06. The van der Waals surface area contributed by atoms with Gasteiger partial charge in [0, 0.05) is 13.7 Å². The lowest BCUT2D eigenvalue weighted by molar-refractivity contribution is -0.138. The van der Waals surface area contributed by atoms with E-state index in [1.54, 1.807) is 7.11 Å². The lowest BCUT2D eigenvalue weighted by atomic mass is 10.2. The first kappa shape index (κ1) is 13.4. The highest BCUT2D eigenvalue weighted by atomic mass is 16.5. The fourth-order valence-electron chi connectivity index (χ4n) is 1.09. The standard InChI is InChI=1S/C9H20N2O3/c1-7(14-3)6-11(2)5-4-8(10)9(12)13/h7-8H,4-6,10H2,1-3H3,(H,12,13)/t7-,8+/m1/s1. The molecule has 0 aromatic carbocycles. The van der Waals surface area contributed by atoms with E-state index in [4.69, 9.17) is 15.6 Å². The quantitative estimate of drug-likeness (QED) is 0.598. The van der Waals surface area contributed by atoms with E-state index in [-0.39, 0.29) is 6.10 Å². The van der Waals surface area contributed by atoms with Gasteiger partial charge in [-0.3, -0.25) is 4.79 Å². The van der Waals surface area contributed by atoms with Gasteiger partial charge in [-0.1, -0.05) is 0 Å². The van der Waals surface area contributed by atoms with Crippen molar-refractivity contribution in [1.29, 1.82) is 0 Å². The number of carboxylic acid groups (broad SMARTS) is 1. The molecule has 0 spiro atoms. The summed E-state index contributed by atoms with van der Waals surface area (Å²) in [4.78, 5) is 12.4. The second kappa shape index (κ2) is 6.75. The van der Waals surface area contributed by atoms with E-state index in [1.165, 1.54) is 0 Å². The summed E-state index contributed by atoms with van der Waals surface area (Å²) in [6.07, 6.45) is 0.614. The molecular formula is C9H20N2O3. The Labute approximate surface area is 84.8 Å². The normalized spacial score (nSPS) is 15.5. The van der Waals surface area contributed by atoms with Crippen LogP contribution in [0.5, 0.6) is 0 Å². The van der Waals surface area contributed by atoms with Gasteiger partial charge in [-0.25, -0.2) is 0 Å². The summed E-state index contributed by atoms with van der Waals surface area (Å²) in [5.74, 6) is -0.946. The summed E-state index contributed by atoms with van der Waals surface area (Å²) in [5.41, 5.74) is 5.37. The predicted molar refractivity (Wildman–Crippen MR) is 54.2 cm³/mol. The van der Waals surface area contributed by atoms with Crippen molar-refractivity contribution in [3.8, 4) is 0 Å². The van der Waals surface area contributed by atoms with E-state index >= 15 is 0 Å². The Kier molecular flexibility index (Phi) is 6.44. The lowest BCUT2D eigenvalue weighted by Gasteiger charge is -2.20. The topological polar surface area (TPSA) is 75.8 Å². The molecule has 84 valence electrons. The van der Waals surface area contributed by atoms with E-state index in [2.05, 4.69) is 0 Å². The third-order valence-electron chi connectivity index (χ3n) is 2.11. The number of rotatable bonds is 7. The van der Waals surface area contributed by atoms with Gasteiger partial charge in [0.2, 0.25) is 0 Å². The highest BCUT2D eigenvalue weighted by Crippen LogP contribution is 1.96. The number of ether oxygens (including phenoxy) is 1. The Morgan fingerprint density at radius 3 is 2.64 bits per heavy atom. The SMILES string of the molecule is CO[C@H](C)CN(C)CC[C@H](N)C(=O)O. The maximum absolute atomic E-state index is 10.4. The molecule has 0 aliphatic heterocycles. The summed E-state index contributed by atoms with van der Waals surface area (Å²) < 4.78 is 5.09. The molecule has 0 unspecified atom stereocenters. The van der Waals surface area contributed by atoms with Gasteiger partial charge in [0.15, 0.2) is 0 Å². The summed E-state index contributed by atoms with van der Waals surface area (Å²) >= 11 is 0. The zero-order valence-electron chi connectivity index (χ0n) is 9.06. The molecule has 0 heterocycles. The predicted octanol–water partition coefficient (Wildman–Crippen LogP) is -0.245. The van der Waals surface area contributed by atoms with Crippen LogP contribution in [0.15, 0.2) is 0 Å². The molecule has 14 heavy (non-hydrogen) atoms. The van der Waals surface area contributed by atoms with Gasteiger partial charge in [0.25, 0.3) is 0 Å². The first-order valence-corrected chi connectivity index (χ1v) is 4.67. The number of nitrogens with zero attached hydrogens (tertiary/aromatic N) is 1. The number of hydrogen-bond acceptors (Lipinski definition) is 4. The summed E-state index contributed by atoms with van der Waals surface area (Å²) in [7, 11) is 3.57. The third kappa shape index (κ3) is 5.90. The number of methoxy groups -OCH3 is 1. The Hall–Kier alpha value is -0.650. The van der Waals surface area contributed by atoms with Gasteiger partial charge in [-0.05, 0) is 26.9 Å². The minimum absolute atomic E-state index is 0.154. The molecule has 5 heteroatoms. The highest BCUT2D eigenvalue weighted by molar-refractivity contribution is 5.72. The first-order valence-electron chi connectivity index (χ1n) is 4.67. The molecule has 0 bridgehead atoms. The molecule has 0 aromatic heterocycles. The second-order valence-corrected chi connectivity index (χ2v) is 3.54. The summed E-state index contributed by atoms with van der Waals surface area (Å²) in [5, 5.41) is 8.55. The van der Waals surface area contributed by atoms with Gasteiger partial charge < -0.3 is 20.5 Å². The molecule has 0 saturated carbocycles. The van der Waals surface area contributed by atoms with Crippen molar-refractivity contribution >= 4 is 5.97 Å². The van der Waals surface area contributed by atoms with Gasteiger partial charge >= 0.3 is 5.97 Å². The van der Waals surface area contributed by atoms with Crippen LogP contribution in [0.2, 0.25) is 0 Å². The van der Waals surface area contributed by atoms with Crippen LogP contribution in [-0.4, -0.2) is 55.4 Å². The van der Waals surface area contributed by atoms with Crippen LogP contribution >= 0.6 is 0 Å². The molecule has 2 atom stereocenters. The van der Waals surface area contributed by atoms with Crippen LogP contribution in [0.1, 0.15) is 13.3 Å². The molecular weight excluding hydrogens is 184 g/mol. The van der Waals surface area contributed by atoms with Crippen LogP contribution in [-0.2, 0) is 9.53 Å². The molecule has 3 N–H and O–H groups in total. The Morgan fingerprint density at radius 2 is 2.21 bits per heavy atom. The van der Waals surface area contributed by atoms with Gasteiger partial charge in [-0.2, -0.15) is 0 Å². The van der Waals surface area contributed by atoms with Crippen LogP contribution in [0, 0.1) is 0 Å². The second-order valence-electron chi connectivity index (χ2n) is 3.54. The van der Waals surface area contributed by atoms with Gasteiger partial charge in [0.05, 0.1) is 6.10 Å². The molecule has 0 aromatic rings. The van der Waals surface area contributed by atoms with E-state index in [9.17, 15) is 4.79 Å². The molecule has 5 nitrogen and oxygen atoms in total. The fourth-order valence-corrected chi connectivity index (χ4v) is 1.09. The maximum atomic E-state index is 10.4. The number of carbonyl (C=O) groups is 1. The minimum atomic E-state index is -0.946. The molecule has 0 radical (unpaired) electrons. The Balaban J connectivity index is 3.63. The van der Waals surface area contributed by atoms with E-state index in [1.807, 2.05) is 18.9 Å². The van der Waals surface area contributed by atoms with E-state index in [0.29, 0.717) is 13.0 Å². The monoisotopic (exact) mass is 204 g/mol. The van der Waals surface area contributed by atoms with Crippen molar-refractivity contribution in [1.82, 2.24) is 4.90 Å². The molecule has 0 amide bonds. The van der Waals surface area contributed by atoms with Crippen LogP contribution in [0.3, 0.4) is 0 Å².